The van der Waals surface area contributed by atoms with Gasteiger partial charge in [0, 0.05) is 0 Å². The molecule has 1 fully saturated rings. The third kappa shape index (κ3) is 5.34. The zero-order chi connectivity index (χ0) is 11.8. The van der Waals surface area contributed by atoms with Crippen molar-refractivity contribution in [3.8, 4) is 0 Å². The number of amides is 2. The Morgan fingerprint density at radius 3 is 2.50 bits per heavy atom. The van der Waals surface area contributed by atoms with Crippen LogP contribution in [0.3, 0.4) is 0 Å². The van der Waals surface area contributed by atoms with Crippen molar-refractivity contribution >= 4 is 27.9 Å². The van der Waals surface area contributed by atoms with Crippen molar-refractivity contribution in [3.05, 3.63) is 0 Å². The summed E-state index contributed by atoms with van der Waals surface area (Å²) >= 11 is 2.96. The summed E-state index contributed by atoms with van der Waals surface area (Å²) in [5, 5.41) is 0.149. The molecule has 1 aliphatic rings. The van der Waals surface area contributed by atoms with E-state index in [0.29, 0.717) is 12.5 Å². The van der Waals surface area contributed by atoms with Crippen molar-refractivity contribution in [2.75, 3.05) is 11.9 Å². The Balaban J connectivity index is 2.07. The van der Waals surface area contributed by atoms with Crippen molar-refractivity contribution < 1.29 is 14.3 Å². The van der Waals surface area contributed by atoms with Gasteiger partial charge in [-0.2, -0.15) is 0 Å². The Labute approximate surface area is 103 Å². The Hall–Kier alpha value is -0.780. The number of carbonyl (C=O) groups is 2. The first-order valence-electron chi connectivity index (χ1n) is 5.50. The summed E-state index contributed by atoms with van der Waals surface area (Å²) in [5.74, 6) is 0.168. The highest BCUT2D eigenvalue weighted by atomic mass is 79.9. The lowest BCUT2D eigenvalue weighted by Crippen LogP contribution is -2.42. The molecule has 0 radical (unpaired) electrons. The van der Waals surface area contributed by atoms with Crippen LogP contribution in [0.4, 0.5) is 4.79 Å². The van der Waals surface area contributed by atoms with Gasteiger partial charge in [0.25, 0.3) is 0 Å². The fourth-order valence-corrected chi connectivity index (χ4v) is 1.88. The molecule has 0 aromatic carbocycles. The first-order chi connectivity index (χ1) is 7.72. The molecule has 0 heterocycles. The number of hydrogen-bond acceptors (Lipinski definition) is 3. The molecule has 1 saturated carbocycles. The normalized spacial score (nSPS) is 16.6. The quantitative estimate of drug-likeness (QED) is 0.615. The smallest absolute Gasteiger partial charge is 0.426 e. The van der Waals surface area contributed by atoms with E-state index in [1.165, 1.54) is 19.3 Å². The van der Waals surface area contributed by atoms with Gasteiger partial charge in [-0.3, -0.25) is 10.2 Å². The van der Waals surface area contributed by atoms with E-state index in [1.54, 1.807) is 0 Å². The van der Waals surface area contributed by atoms with E-state index < -0.39 is 6.09 Å². The average Bonchev–Trinajstić information content (AvgIpc) is 2.34. The van der Waals surface area contributed by atoms with Crippen LogP contribution in [0.25, 0.3) is 0 Å². The Kier molecular flexibility index (Phi) is 6.22. The van der Waals surface area contributed by atoms with Crippen LogP contribution in [0.2, 0.25) is 0 Å². The number of rotatable bonds is 3. The Bertz CT molecular complexity index is 242. The molecule has 1 aliphatic carbocycles. The van der Waals surface area contributed by atoms with Gasteiger partial charge in [-0.05, 0) is 18.8 Å². The number of halogens is 1. The highest BCUT2D eigenvalue weighted by Gasteiger charge is 2.15. The second-order valence-electron chi connectivity index (χ2n) is 3.91. The lowest BCUT2D eigenvalue weighted by atomic mass is 9.90. The van der Waals surface area contributed by atoms with Gasteiger partial charge in [-0.15, -0.1) is 0 Å². The first-order valence-corrected chi connectivity index (χ1v) is 6.62. The first kappa shape index (κ1) is 13.3. The molecule has 0 aromatic heterocycles. The zero-order valence-corrected chi connectivity index (χ0v) is 10.7. The lowest BCUT2D eigenvalue weighted by Gasteiger charge is -2.21. The standard InChI is InChI=1S/C10H17BrN2O3/c11-6-9(14)12-13-10(15)16-7-8-4-2-1-3-5-8/h8H,1-7H2,(H,12,14)(H,13,15). The summed E-state index contributed by atoms with van der Waals surface area (Å²) in [5.41, 5.74) is 4.39. The summed E-state index contributed by atoms with van der Waals surface area (Å²) in [4.78, 5) is 21.9. The van der Waals surface area contributed by atoms with Crippen LogP contribution in [-0.4, -0.2) is 23.9 Å². The van der Waals surface area contributed by atoms with E-state index in [0.717, 1.165) is 12.8 Å². The molecular weight excluding hydrogens is 276 g/mol. The van der Waals surface area contributed by atoms with Crippen LogP contribution >= 0.6 is 15.9 Å². The summed E-state index contributed by atoms with van der Waals surface area (Å²) in [6.45, 7) is 0.440. The van der Waals surface area contributed by atoms with E-state index in [1.807, 2.05) is 0 Å². The minimum Gasteiger partial charge on any atom is -0.448 e. The highest BCUT2D eigenvalue weighted by Crippen LogP contribution is 2.23. The van der Waals surface area contributed by atoms with Crippen LogP contribution < -0.4 is 10.9 Å². The van der Waals surface area contributed by atoms with Crippen molar-refractivity contribution in [3.63, 3.8) is 0 Å². The van der Waals surface area contributed by atoms with Gasteiger partial charge in [-0.25, -0.2) is 10.2 Å². The van der Waals surface area contributed by atoms with E-state index in [2.05, 4.69) is 26.8 Å². The minimum atomic E-state index is -0.597. The van der Waals surface area contributed by atoms with Gasteiger partial charge in [0.15, 0.2) is 0 Å². The number of hydrogen-bond donors (Lipinski definition) is 2. The maximum absolute atomic E-state index is 11.1. The van der Waals surface area contributed by atoms with Crippen LogP contribution in [0.1, 0.15) is 32.1 Å². The number of carbonyl (C=O) groups excluding carboxylic acids is 2. The molecule has 0 aromatic rings. The molecule has 2 amide bonds. The molecule has 0 atom stereocenters. The Morgan fingerprint density at radius 1 is 1.19 bits per heavy atom. The predicted molar refractivity (Wildman–Crippen MR) is 63.0 cm³/mol. The fraction of sp³-hybridized carbons (Fsp3) is 0.800. The molecule has 92 valence electrons. The van der Waals surface area contributed by atoms with E-state index in [-0.39, 0.29) is 11.2 Å². The molecule has 0 saturated heterocycles. The van der Waals surface area contributed by atoms with Gasteiger partial charge in [0.2, 0.25) is 5.91 Å². The number of ether oxygens (including phenoxy) is 1. The molecule has 0 unspecified atom stereocenters. The monoisotopic (exact) mass is 292 g/mol. The van der Waals surface area contributed by atoms with Gasteiger partial charge in [0.05, 0.1) is 11.9 Å². The van der Waals surface area contributed by atoms with Crippen molar-refractivity contribution in [1.82, 2.24) is 10.9 Å². The SMILES string of the molecule is O=C(CBr)NNC(=O)OCC1CCCCC1. The molecule has 2 N–H and O–H groups in total. The van der Waals surface area contributed by atoms with E-state index >= 15 is 0 Å². The Morgan fingerprint density at radius 2 is 1.88 bits per heavy atom. The van der Waals surface area contributed by atoms with Crippen molar-refractivity contribution in [2.24, 2.45) is 5.92 Å². The molecule has 0 bridgehead atoms. The maximum Gasteiger partial charge on any atom is 0.426 e. The van der Waals surface area contributed by atoms with Crippen molar-refractivity contribution in [1.29, 1.82) is 0 Å². The summed E-state index contributed by atoms with van der Waals surface area (Å²) in [7, 11) is 0. The molecule has 0 spiro atoms. The van der Waals surface area contributed by atoms with Gasteiger partial charge < -0.3 is 4.74 Å². The molecule has 6 heteroatoms. The van der Waals surface area contributed by atoms with Gasteiger partial charge >= 0.3 is 6.09 Å². The van der Waals surface area contributed by atoms with Gasteiger partial charge in [0.1, 0.15) is 0 Å². The maximum atomic E-state index is 11.1. The van der Waals surface area contributed by atoms with Crippen LogP contribution in [0.5, 0.6) is 0 Å². The number of nitrogens with one attached hydrogen (secondary N) is 2. The lowest BCUT2D eigenvalue weighted by molar-refractivity contribution is -0.119. The van der Waals surface area contributed by atoms with Crippen LogP contribution in [0.15, 0.2) is 0 Å². The molecule has 1 rings (SSSR count). The fourth-order valence-electron chi connectivity index (χ4n) is 1.74. The summed E-state index contributed by atoms with van der Waals surface area (Å²) < 4.78 is 5.00. The largest absolute Gasteiger partial charge is 0.448 e. The van der Waals surface area contributed by atoms with Crippen molar-refractivity contribution in [2.45, 2.75) is 32.1 Å². The second kappa shape index (κ2) is 7.49. The van der Waals surface area contributed by atoms with E-state index in [9.17, 15) is 9.59 Å². The third-order valence-corrected chi connectivity index (χ3v) is 3.11. The molecule has 16 heavy (non-hydrogen) atoms. The predicted octanol–water partition coefficient (Wildman–Crippen LogP) is 1.72. The molecule has 0 aliphatic heterocycles. The summed E-state index contributed by atoms with van der Waals surface area (Å²) in [6.07, 6.45) is 5.37. The molecular formula is C10H17BrN2O3. The topological polar surface area (TPSA) is 67.4 Å². The average molecular weight is 293 g/mol. The van der Waals surface area contributed by atoms with Crippen LogP contribution in [-0.2, 0) is 9.53 Å². The zero-order valence-electron chi connectivity index (χ0n) is 9.13. The summed E-state index contributed by atoms with van der Waals surface area (Å²) in [6, 6.07) is 0. The van der Waals surface area contributed by atoms with Gasteiger partial charge in [-0.1, -0.05) is 35.2 Å². The van der Waals surface area contributed by atoms with E-state index in [4.69, 9.17) is 4.74 Å². The second-order valence-corrected chi connectivity index (χ2v) is 4.47. The third-order valence-electron chi connectivity index (χ3n) is 2.60. The van der Waals surface area contributed by atoms with Crippen LogP contribution in [0, 0.1) is 5.92 Å². The number of hydrazine groups is 1. The molecule has 5 nitrogen and oxygen atoms in total. The number of alkyl halides is 1. The minimum absolute atomic E-state index is 0.149. The highest BCUT2D eigenvalue weighted by molar-refractivity contribution is 9.09.